The number of rotatable bonds is 5. The topological polar surface area (TPSA) is 48.5 Å². The number of fused-ring (bicyclic) bond motifs is 2. The number of carbonyl (C=O) groups excluding carboxylic acids is 1. The van der Waals surface area contributed by atoms with E-state index in [-0.39, 0.29) is 29.0 Å². The van der Waals surface area contributed by atoms with Crippen LogP contribution in [0.5, 0.6) is 0 Å². The largest absolute Gasteiger partial charge is 0.417 e. The molecular formula is C31H27Cl2F3N4O. The van der Waals surface area contributed by atoms with E-state index in [2.05, 4.69) is 27.2 Å². The fourth-order valence-corrected chi connectivity index (χ4v) is 5.99. The van der Waals surface area contributed by atoms with Crippen LogP contribution in [-0.4, -0.2) is 42.1 Å². The second-order valence-electron chi connectivity index (χ2n) is 10.3. The number of pyridine rings is 1. The number of anilines is 1. The molecule has 1 saturated heterocycles. The lowest BCUT2D eigenvalue weighted by molar-refractivity contribution is -0.137. The maximum atomic E-state index is 13.8. The fourth-order valence-electron chi connectivity index (χ4n) is 5.53. The standard InChI is InChI=1S/C31H27Cl2F3N4O/c1-2-21-5-7-22(8-6-21)4-3-13-39-14-10-30(11-15-39)20-40(29(41)38-19-23-9-12-37-28(33)16-23)27-18-24(31(34,35)36)26(32)17-25(27)30/h1,3-9,12,16-18H,10-11,13-15,19-20H2,(H,38,41)/b4-3+. The summed E-state index contributed by atoms with van der Waals surface area (Å²) in [7, 11) is 0. The molecule has 2 amide bonds. The molecule has 0 bridgehead atoms. The number of likely N-dealkylation sites (tertiary alicyclic amines) is 1. The number of carbonyl (C=O) groups is 1. The van der Waals surface area contributed by atoms with Gasteiger partial charge >= 0.3 is 12.2 Å². The summed E-state index contributed by atoms with van der Waals surface area (Å²) in [5.41, 5.74) is 2.09. The third kappa shape index (κ3) is 6.38. The minimum atomic E-state index is -4.64. The molecule has 1 fully saturated rings. The lowest BCUT2D eigenvalue weighted by Crippen LogP contribution is -2.47. The maximum Gasteiger partial charge on any atom is 0.417 e. The molecule has 2 aliphatic heterocycles. The van der Waals surface area contributed by atoms with E-state index in [0.29, 0.717) is 18.4 Å². The third-order valence-electron chi connectivity index (χ3n) is 7.76. The Hall–Kier alpha value is -3.51. The van der Waals surface area contributed by atoms with Gasteiger partial charge in [-0.25, -0.2) is 9.78 Å². The van der Waals surface area contributed by atoms with E-state index in [1.165, 1.54) is 17.2 Å². The number of hydrogen-bond donors (Lipinski definition) is 1. The number of alkyl halides is 3. The van der Waals surface area contributed by atoms with Gasteiger partial charge in [-0.05, 0) is 79.0 Å². The van der Waals surface area contributed by atoms with Gasteiger partial charge in [0, 0.05) is 42.5 Å². The number of aromatic nitrogens is 1. The van der Waals surface area contributed by atoms with Crippen molar-refractivity contribution in [3.05, 3.63) is 98.8 Å². The first-order chi connectivity index (χ1) is 19.6. The van der Waals surface area contributed by atoms with Gasteiger partial charge in [0.25, 0.3) is 0 Å². The predicted molar refractivity (Wildman–Crippen MR) is 156 cm³/mol. The number of terminal acetylenes is 1. The number of nitrogens with zero attached hydrogens (tertiary/aromatic N) is 3. The van der Waals surface area contributed by atoms with Gasteiger partial charge in [-0.15, -0.1) is 6.42 Å². The zero-order valence-corrected chi connectivity index (χ0v) is 23.5. The molecule has 0 atom stereocenters. The summed E-state index contributed by atoms with van der Waals surface area (Å²) in [6.07, 6.45) is 7.78. The van der Waals surface area contributed by atoms with Crippen molar-refractivity contribution in [3.8, 4) is 12.3 Å². The van der Waals surface area contributed by atoms with Crippen LogP contribution in [0.15, 0.2) is 60.8 Å². The summed E-state index contributed by atoms with van der Waals surface area (Å²) < 4.78 is 41.3. The minimum absolute atomic E-state index is 0.158. The Morgan fingerprint density at radius 2 is 1.85 bits per heavy atom. The molecule has 5 nitrogen and oxygen atoms in total. The van der Waals surface area contributed by atoms with E-state index < -0.39 is 23.2 Å². The summed E-state index contributed by atoms with van der Waals surface area (Å²) in [6, 6.07) is 13.0. The molecule has 2 aromatic carbocycles. The highest BCUT2D eigenvalue weighted by Crippen LogP contribution is 2.50. The Kier molecular flexibility index (Phi) is 8.32. The Labute approximate surface area is 247 Å². The number of hydrogen-bond acceptors (Lipinski definition) is 3. The number of nitrogens with one attached hydrogen (secondary N) is 1. The lowest BCUT2D eigenvalue weighted by atomic mass is 9.74. The second-order valence-corrected chi connectivity index (χ2v) is 11.1. The van der Waals surface area contributed by atoms with Crippen LogP contribution in [0, 0.1) is 12.3 Å². The Morgan fingerprint density at radius 3 is 2.51 bits per heavy atom. The highest BCUT2D eigenvalue weighted by atomic mass is 35.5. The van der Waals surface area contributed by atoms with Gasteiger partial charge in [-0.1, -0.05) is 53.4 Å². The van der Waals surface area contributed by atoms with Crippen molar-refractivity contribution in [3.63, 3.8) is 0 Å². The molecule has 1 spiro atoms. The normalized spacial score (nSPS) is 16.6. The summed E-state index contributed by atoms with van der Waals surface area (Å²) >= 11 is 12.1. The molecule has 0 aliphatic carbocycles. The molecule has 0 saturated carbocycles. The first-order valence-electron chi connectivity index (χ1n) is 13.1. The van der Waals surface area contributed by atoms with Gasteiger partial charge in [0.1, 0.15) is 5.15 Å². The first kappa shape index (κ1) is 29.0. The van der Waals surface area contributed by atoms with Gasteiger partial charge < -0.3 is 5.32 Å². The predicted octanol–water partition coefficient (Wildman–Crippen LogP) is 7.17. The van der Waals surface area contributed by atoms with Crippen molar-refractivity contribution in [2.24, 2.45) is 0 Å². The van der Waals surface area contributed by atoms with Gasteiger partial charge in [0.2, 0.25) is 0 Å². The third-order valence-corrected chi connectivity index (χ3v) is 8.28. The van der Waals surface area contributed by atoms with E-state index in [4.69, 9.17) is 29.6 Å². The molecule has 212 valence electrons. The molecule has 0 unspecified atom stereocenters. The molecule has 41 heavy (non-hydrogen) atoms. The van der Waals surface area contributed by atoms with Crippen LogP contribution in [0.1, 0.15) is 40.7 Å². The Balaban J connectivity index is 1.32. The van der Waals surface area contributed by atoms with Gasteiger partial charge in [-0.2, -0.15) is 13.2 Å². The monoisotopic (exact) mass is 598 g/mol. The molecule has 0 radical (unpaired) electrons. The number of urea groups is 1. The van der Waals surface area contributed by atoms with Crippen molar-refractivity contribution >= 4 is 41.0 Å². The molecule has 1 N–H and O–H groups in total. The van der Waals surface area contributed by atoms with Crippen LogP contribution in [0.4, 0.5) is 23.7 Å². The number of halogens is 5. The first-order valence-corrected chi connectivity index (χ1v) is 13.9. The molecule has 3 heterocycles. The fraction of sp³-hybridized carbons (Fsp3) is 0.290. The highest BCUT2D eigenvalue weighted by Gasteiger charge is 2.48. The van der Waals surface area contributed by atoms with Crippen molar-refractivity contribution in [1.29, 1.82) is 0 Å². The van der Waals surface area contributed by atoms with E-state index in [9.17, 15) is 18.0 Å². The van der Waals surface area contributed by atoms with E-state index in [1.54, 1.807) is 12.1 Å². The summed E-state index contributed by atoms with van der Waals surface area (Å²) in [4.78, 5) is 21.0. The van der Waals surface area contributed by atoms with Crippen LogP contribution in [0.3, 0.4) is 0 Å². The van der Waals surface area contributed by atoms with Gasteiger partial charge in [0.05, 0.1) is 10.6 Å². The zero-order valence-electron chi connectivity index (χ0n) is 22.0. The average molecular weight is 599 g/mol. The summed E-state index contributed by atoms with van der Waals surface area (Å²) in [5.74, 6) is 2.60. The van der Waals surface area contributed by atoms with Crippen LogP contribution >= 0.6 is 23.2 Å². The molecule has 5 rings (SSSR count). The summed E-state index contributed by atoms with van der Waals surface area (Å²) in [5, 5.41) is 2.75. The van der Waals surface area contributed by atoms with E-state index >= 15 is 0 Å². The SMILES string of the molecule is C#Cc1ccc(/C=C/CN2CCC3(CC2)CN(C(=O)NCc2ccnc(Cl)c2)c2cc(C(F)(F)F)c(Cl)cc23)cc1. The molecule has 2 aliphatic rings. The van der Waals surface area contributed by atoms with Crippen LogP contribution in [-0.2, 0) is 18.1 Å². The average Bonchev–Trinajstić information content (AvgIpc) is 3.25. The van der Waals surface area contributed by atoms with Crippen molar-refractivity contribution < 1.29 is 18.0 Å². The molecular weight excluding hydrogens is 572 g/mol. The van der Waals surface area contributed by atoms with Gasteiger partial charge in [0.15, 0.2) is 0 Å². The van der Waals surface area contributed by atoms with Crippen LogP contribution in [0.25, 0.3) is 6.08 Å². The molecule has 3 aromatic rings. The van der Waals surface area contributed by atoms with Crippen LogP contribution in [0.2, 0.25) is 10.2 Å². The lowest BCUT2D eigenvalue weighted by Gasteiger charge is -2.39. The van der Waals surface area contributed by atoms with Crippen LogP contribution < -0.4 is 10.2 Å². The zero-order chi connectivity index (χ0) is 29.2. The van der Waals surface area contributed by atoms with Gasteiger partial charge in [-0.3, -0.25) is 9.80 Å². The Morgan fingerprint density at radius 1 is 1.12 bits per heavy atom. The second kappa shape index (κ2) is 11.8. The van der Waals surface area contributed by atoms with E-state index in [1.807, 2.05) is 30.3 Å². The van der Waals surface area contributed by atoms with E-state index in [0.717, 1.165) is 42.4 Å². The highest BCUT2D eigenvalue weighted by molar-refractivity contribution is 6.31. The maximum absolute atomic E-state index is 13.8. The number of piperidine rings is 1. The Bertz CT molecular complexity index is 1510. The number of benzene rings is 2. The molecule has 1 aromatic heterocycles. The molecule has 10 heteroatoms. The smallest absolute Gasteiger partial charge is 0.334 e. The minimum Gasteiger partial charge on any atom is -0.334 e. The summed E-state index contributed by atoms with van der Waals surface area (Å²) in [6.45, 7) is 2.61. The quantitative estimate of drug-likeness (QED) is 0.250. The van der Waals surface area contributed by atoms with Crippen molar-refractivity contribution in [2.75, 3.05) is 31.1 Å². The number of amides is 2. The van der Waals surface area contributed by atoms with Crippen molar-refractivity contribution in [2.45, 2.75) is 31.0 Å². The van der Waals surface area contributed by atoms with Crippen molar-refractivity contribution in [1.82, 2.24) is 15.2 Å².